The lowest BCUT2D eigenvalue weighted by Gasteiger charge is -2.13. The van der Waals surface area contributed by atoms with Gasteiger partial charge in [0.15, 0.2) is 0 Å². The van der Waals surface area contributed by atoms with Crippen molar-refractivity contribution < 1.29 is 9.59 Å². The molecule has 1 aliphatic rings. The molecule has 124 valence electrons. The Morgan fingerprint density at radius 1 is 1.00 bits per heavy atom. The third-order valence-electron chi connectivity index (χ3n) is 4.37. The Balaban J connectivity index is 1.77. The average Bonchev–Trinajstić information content (AvgIpc) is 3.15. The number of carbonyl (C=O) groups excluding carboxylic acids is 2. The van der Waals surface area contributed by atoms with Crippen LogP contribution in [0.15, 0.2) is 66.4 Å². The maximum atomic E-state index is 12.7. The standard InChI is InChI=1S/C20H17N3O2/c1-2-22-13-14(16-10-6-7-11-18(16)22)12-17-19(24)21-23(20(17)25)15-8-4-3-5-9-15/h3-13H,2H2,1H3,(H,21,24)/b17-12+. The lowest BCUT2D eigenvalue weighted by molar-refractivity contribution is -0.117. The number of amides is 2. The number of aryl methyl sites for hydroxylation is 1. The molecule has 5 nitrogen and oxygen atoms in total. The minimum atomic E-state index is -0.387. The summed E-state index contributed by atoms with van der Waals surface area (Å²) in [5.41, 5.74) is 5.36. The number of benzene rings is 2. The van der Waals surface area contributed by atoms with E-state index in [1.54, 1.807) is 18.2 Å². The van der Waals surface area contributed by atoms with Gasteiger partial charge in [0, 0.05) is 29.2 Å². The van der Waals surface area contributed by atoms with E-state index in [1.165, 1.54) is 5.01 Å². The molecule has 0 radical (unpaired) electrons. The predicted molar refractivity (Wildman–Crippen MR) is 97.7 cm³/mol. The molecular weight excluding hydrogens is 314 g/mol. The largest absolute Gasteiger partial charge is 0.347 e. The number of anilines is 1. The summed E-state index contributed by atoms with van der Waals surface area (Å²) in [7, 11) is 0. The van der Waals surface area contributed by atoms with Crippen LogP contribution in [0.4, 0.5) is 5.69 Å². The molecule has 2 heterocycles. The zero-order valence-corrected chi connectivity index (χ0v) is 13.8. The Hall–Kier alpha value is -3.34. The van der Waals surface area contributed by atoms with E-state index >= 15 is 0 Å². The normalized spacial score (nSPS) is 16.0. The zero-order chi connectivity index (χ0) is 17.4. The van der Waals surface area contributed by atoms with E-state index in [1.807, 2.05) is 48.7 Å². The molecule has 0 spiro atoms. The molecule has 3 aromatic rings. The van der Waals surface area contributed by atoms with Crippen LogP contribution in [0.1, 0.15) is 12.5 Å². The van der Waals surface area contributed by atoms with E-state index < -0.39 is 0 Å². The number of para-hydroxylation sites is 2. The molecule has 1 N–H and O–H groups in total. The molecule has 1 aromatic heterocycles. The highest BCUT2D eigenvalue weighted by molar-refractivity contribution is 6.32. The van der Waals surface area contributed by atoms with Gasteiger partial charge >= 0.3 is 0 Å². The van der Waals surface area contributed by atoms with Crippen LogP contribution in [0.5, 0.6) is 0 Å². The molecule has 0 unspecified atom stereocenters. The van der Waals surface area contributed by atoms with E-state index in [0.29, 0.717) is 5.69 Å². The van der Waals surface area contributed by atoms with E-state index in [4.69, 9.17) is 0 Å². The van der Waals surface area contributed by atoms with E-state index in [-0.39, 0.29) is 17.4 Å². The number of hydrazine groups is 1. The predicted octanol–water partition coefficient (Wildman–Crippen LogP) is 3.12. The number of rotatable bonds is 3. The van der Waals surface area contributed by atoms with Crippen molar-refractivity contribution in [1.29, 1.82) is 0 Å². The number of hydrogen-bond acceptors (Lipinski definition) is 2. The minimum absolute atomic E-state index is 0.142. The molecule has 0 atom stereocenters. The number of aromatic nitrogens is 1. The van der Waals surface area contributed by atoms with Gasteiger partial charge in [-0.05, 0) is 31.2 Å². The Morgan fingerprint density at radius 3 is 2.48 bits per heavy atom. The summed E-state index contributed by atoms with van der Waals surface area (Å²) in [5.74, 6) is -0.730. The van der Waals surface area contributed by atoms with Crippen LogP contribution in [-0.2, 0) is 16.1 Å². The fraction of sp³-hybridized carbons (Fsp3) is 0.100. The van der Waals surface area contributed by atoms with Gasteiger partial charge in [0.05, 0.1) is 5.69 Å². The van der Waals surface area contributed by atoms with E-state index in [9.17, 15) is 9.59 Å². The molecule has 2 aromatic carbocycles. The van der Waals surface area contributed by atoms with E-state index in [0.717, 1.165) is 23.0 Å². The number of nitrogens with zero attached hydrogens (tertiary/aromatic N) is 2. The van der Waals surface area contributed by atoms with Crippen molar-refractivity contribution >= 4 is 34.5 Å². The molecule has 5 heteroatoms. The Kier molecular flexibility index (Phi) is 3.61. The zero-order valence-electron chi connectivity index (χ0n) is 13.8. The highest BCUT2D eigenvalue weighted by Gasteiger charge is 2.34. The first-order valence-corrected chi connectivity index (χ1v) is 8.19. The van der Waals surface area contributed by atoms with Gasteiger partial charge in [0.1, 0.15) is 5.57 Å². The van der Waals surface area contributed by atoms with Crippen LogP contribution in [0.2, 0.25) is 0 Å². The van der Waals surface area contributed by atoms with Crippen molar-refractivity contribution in [2.24, 2.45) is 0 Å². The summed E-state index contributed by atoms with van der Waals surface area (Å²) in [5, 5.41) is 2.31. The minimum Gasteiger partial charge on any atom is -0.347 e. The fourth-order valence-corrected chi connectivity index (χ4v) is 3.12. The number of hydrogen-bond donors (Lipinski definition) is 1. The van der Waals surface area contributed by atoms with Crippen molar-refractivity contribution in [2.75, 3.05) is 5.01 Å². The summed E-state index contributed by atoms with van der Waals surface area (Å²) < 4.78 is 2.11. The van der Waals surface area contributed by atoms with Crippen molar-refractivity contribution in [2.45, 2.75) is 13.5 Å². The number of fused-ring (bicyclic) bond motifs is 1. The Bertz CT molecular complexity index is 1000. The van der Waals surface area contributed by atoms with Gasteiger partial charge < -0.3 is 4.57 Å². The molecule has 0 aliphatic carbocycles. The first kappa shape index (κ1) is 15.2. The topological polar surface area (TPSA) is 54.3 Å². The van der Waals surface area contributed by atoms with Crippen LogP contribution in [0.25, 0.3) is 17.0 Å². The molecule has 1 aliphatic heterocycles. The highest BCUT2D eigenvalue weighted by atomic mass is 16.2. The second kappa shape index (κ2) is 5.94. The van der Waals surface area contributed by atoms with Gasteiger partial charge in [-0.3, -0.25) is 15.0 Å². The SMILES string of the molecule is CCn1cc(/C=C2\C(=O)NN(c3ccccc3)C2=O)c2ccccc21. The fourth-order valence-electron chi connectivity index (χ4n) is 3.12. The number of carbonyl (C=O) groups is 2. The maximum Gasteiger partial charge on any atom is 0.282 e. The first-order valence-electron chi connectivity index (χ1n) is 8.19. The van der Waals surface area contributed by atoms with Crippen molar-refractivity contribution in [3.8, 4) is 0 Å². The average molecular weight is 331 g/mol. The third kappa shape index (κ3) is 2.50. The quantitative estimate of drug-likeness (QED) is 0.592. The van der Waals surface area contributed by atoms with Crippen LogP contribution in [-0.4, -0.2) is 16.4 Å². The second-order valence-electron chi connectivity index (χ2n) is 5.86. The van der Waals surface area contributed by atoms with Crippen molar-refractivity contribution in [1.82, 2.24) is 9.99 Å². The highest BCUT2D eigenvalue weighted by Crippen LogP contribution is 2.26. The summed E-state index contributed by atoms with van der Waals surface area (Å²) >= 11 is 0. The summed E-state index contributed by atoms with van der Waals surface area (Å²) in [6.45, 7) is 2.88. The lowest BCUT2D eigenvalue weighted by atomic mass is 10.1. The summed E-state index contributed by atoms with van der Waals surface area (Å²) in [6, 6.07) is 17.0. The van der Waals surface area contributed by atoms with E-state index in [2.05, 4.69) is 16.9 Å². The van der Waals surface area contributed by atoms with Crippen LogP contribution in [0, 0.1) is 0 Å². The van der Waals surface area contributed by atoms with Crippen LogP contribution in [0.3, 0.4) is 0 Å². The van der Waals surface area contributed by atoms with Gasteiger partial charge in [0.2, 0.25) is 0 Å². The molecular formula is C20H17N3O2. The molecule has 1 saturated heterocycles. The second-order valence-corrected chi connectivity index (χ2v) is 5.86. The van der Waals surface area contributed by atoms with Gasteiger partial charge in [0.25, 0.3) is 11.8 Å². The molecule has 25 heavy (non-hydrogen) atoms. The van der Waals surface area contributed by atoms with Gasteiger partial charge in [-0.15, -0.1) is 0 Å². The van der Waals surface area contributed by atoms with Crippen molar-refractivity contribution in [3.63, 3.8) is 0 Å². The molecule has 0 saturated carbocycles. The molecule has 1 fully saturated rings. The Morgan fingerprint density at radius 2 is 1.72 bits per heavy atom. The monoisotopic (exact) mass is 331 g/mol. The van der Waals surface area contributed by atoms with Crippen molar-refractivity contribution in [3.05, 3.63) is 71.9 Å². The lowest BCUT2D eigenvalue weighted by Crippen LogP contribution is -2.35. The summed E-state index contributed by atoms with van der Waals surface area (Å²) in [4.78, 5) is 25.0. The molecule has 2 amide bonds. The molecule has 4 rings (SSSR count). The van der Waals surface area contributed by atoms with Crippen LogP contribution >= 0.6 is 0 Å². The Labute approximate surface area is 145 Å². The first-order chi connectivity index (χ1) is 12.2. The number of nitrogens with one attached hydrogen (secondary N) is 1. The van der Waals surface area contributed by atoms with Gasteiger partial charge in [-0.1, -0.05) is 36.4 Å². The summed E-state index contributed by atoms with van der Waals surface area (Å²) in [6.07, 6.45) is 3.65. The molecule has 0 bridgehead atoms. The van der Waals surface area contributed by atoms with Gasteiger partial charge in [-0.2, -0.15) is 0 Å². The maximum absolute atomic E-state index is 12.7. The van der Waals surface area contributed by atoms with Gasteiger partial charge in [-0.25, -0.2) is 5.01 Å². The smallest absolute Gasteiger partial charge is 0.282 e. The third-order valence-corrected chi connectivity index (χ3v) is 4.37. The van der Waals surface area contributed by atoms with Crippen LogP contribution < -0.4 is 10.4 Å².